The van der Waals surface area contributed by atoms with Gasteiger partial charge in [0.2, 0.25) is 0 Å². The zero-order valence-electron chi connectivity index (χ0n) is 12.5. The maximum Gasteiger partial charge on any atom is 0.308 e. The number of methoxy groups -OCH3 is 1. The fraction of sp³-hybridized carbons (Fsp3) is 0.118. The molecule has 0 aliphatic rings. The topological polar surface area (TPSA) is 48.4 Å². The minimum atomic E-state index is -0.345. The van der Waals surface area contributed by atoms with Crippen LogP contribution in [0.5, 0.6) is 11.5 Å². The number of fused-ring (bicyclic) bond motifs is 1. The summed E-state index contributed by atoms with van der Waals surface area (Å²) in [5.41, 5.74) is 1.66. The third-order valence-electron chi connectivity index (χ3n) is 3.20. The number of carbonyl (C=O) groups excluding carboxylic acids is 1. The highest BCUT2D eigenvalue weighted by Crippen LogP contribution is 2.32. The quantitative estimate of drug-likeness (QED) is 0.394. The summed E-state index contributed by atoms with van der Waals surface area (Å²) >= 11 is 6.92. The monoisotopic (exact) mass is 343 g/mol. The van der Waals surface area contributed by atoms with Gasteiger partial charge >= 0.3 is 5.97 Å². The van der Waals surface area contributed by atoms with E-state index in [-0.39, 0.29) is 5.97 Å². The van der Waals surface area contributed by atoms with Gasteiger partial charge in [-0.15, -0.1) is 11.3 Å². The highest BCUT2D eigenvalue weighted by atomic mass is 32.1. The lowest BCUT2D eigenvalue weighted by Crippen LogP contribution is -2.00. The molecule has 0 aliphatic carbocycles. The predicted molar refractivity (Wildman–Crippen MR) is 93.8 cm³/mol. The first-order chi connectivity index (χ1) is 11.1. The number of para-hydroxylation sites is 1. The highest BCUT2D eigenvalue weighted by molar-refractivity contribution is 7.74. The third kappa shape index (κ3) is 3.23. The molecule has 3 rings (SSSR count). The number of hydrogen-bond donors (Lipinski definition) is 0. The Kier molecular flexibility index (Phi) is 4.36. The molecule has 2 aromatic carbocycles. The number of ether oxygens (including phenoxy) is 2. The molecule has 0 bridgehead atoms. The van der Waals surface area contributed by atoms with Gasteiger partial charge in [-0.05, 0) is 30.3 Å². The molecule has 3 aromatic rings. The number of rotatable bonds is 3. The first-order valence-electron chi connectivity index (χ1n) is 6.85. The molecular weight excluding hydrogens is 330 g/mol. The molecule has 6 heteroatoms. The van der Waals surface area contributed by atoms with Crippen LogP contribution in [0.15, 0.2) is 42.5 Å². The zero-order valence-corrected chi connectivity index (χ0v) is 14.2. The van der Waals surface area contributed by atoms with Gasteiger partial charge in [0.15, 0.2) is 0 Å². The van der Waals surface area contributed by atoms with Crippen molar-refractivity contribution in [2.45, 2.75) is 6.92 Å². The van der Waals surface area contributed by atoms with Gasteiger partial charge in [-0.3, -0.25) is 4.79 Å². The number of nitrogens with zero attached hydrogens (tertiary/aromatic N) is 1. The summed E-state index contributed by atoms with van der Waals surface area (Å²) < 4.78 is 11.2. The third-order valence-corrected chi connectivity index (χ3v) is 4.60. The molecule has 0 aliphatic heterocycles. The second-order valence-electron chi connectivity index (χ2n) is 4.78. The number of benzene rings is 2. The van der Waals surface area contributed by atoms with E-state index >= 15 is 0 Å². The standard InChI is InChI=1S/C17H13NO3S2/c1-10(19)21-12-8-6-11(7-9-12)16-18-15-13(17(22)23-16)4-3-5-14(15)20-2/h3-9H,1-2H3. The van der Waals surface area contributed by atoms with E-state index in [0.717, 1.165) is 25.3 Å². The van der Waals surface area contributed by atoms with Crippen LogP contribution in [0.3, 0.4) is 0 Å². The van der Waals surface area contributed by atoms with Crippen molar-refractivity contribution in [3.63, 3.8) is 0 Å². The minimum absolute atomic E-state index is 0.345. The van der Waals surface area contributed by atoms with Crippen molar-refractivity contribution < 1.29 is 14.3 Å². The van der Waals surface area contributed by atoms with Gasteiger partial charge in [0.25, 0.3) is 0 Å². The summed E-state index contributed by atoms with van der Waals surface area (Å²) in [6, 6.07) is 12.9. The maximum atomic E-state index is 11.0. The van der Waals surface area contributed by atoms with Gasteiger partial charge in [0, 0.05) is 17.9 Å². The Morgan fingerprint density at radius 3 is 2.57 bits per heavy atom. The fourth-order valence-corrected chi connectivity index (χ4v) is 3.43. The largest absolute Gasteiger partial charge is 0.494 e. The fourth-order valence-electron chi connectivity index (χ4n) is 2.19. The van der Waals surface area contributed by atoms with E-state index in [0.29, 0.717) is 11.5 Å². The minimum Gasteiger partial charge on any atom is -0.494 e. The van der Waals surface area contributed by atoms with Gasteiger partial charge < -0.3 is 9.47 Å². The van der Waals surface area contributed by atoms with Crippen molar-refractivity contribution in [2.75, 3.05) is 7.11 Å². The van der Waals surface area contributed by atoms with E-state index in [1.54, 1.807) is 19.2 Å². The first kappa shape index (κ1) is 15.6. The van der Waals surface area contributed by atoms with E-state index in [9.17, 15) is 4.79 Å². The number of carbonyl (C=O) groups is 1. The smallest absolute Gasteiger partial charge is 0.308 e. The van der Waals surface area contributed by atoms with Crippen molar-refractivity contribution in [3.8, 4) is 22.1 Å². The van der Waals surface area contributed by atoms with Crippen LogP contribution in [-0.2, 0) is 4.79 Å². The summed E-state index contributed by atoms with van der Waals surface area (Å²) in [7, 11) is 1.61. The van der Waals surface area contributed by atoms with Crippen LogP contribution in [0, 0.1) is 3.82 Å². The number of aromatic nitrogens is 1. The van der Waals surface area contributed by atoms with Crippen molar-refractivity contribution in [2.24, 2.45) is 0 Å². The molecule has 0 radical (unpaired) electrons. The van der Waals surface area contributed by atoms with Gasteiger partial charge in [0.05, 0.1) is 7.11 Å². The lowest BCUT2D eigenvalue weighted by atomic mass is 10.2. The molecule has 0 amide bonds. The molecule has 0 saturated heterocycles. The Morgan fingerprint density at radius 2 is 1.91 bits per heavy atom. The molecule has 0 unspecified atom stereocenters. The zero-order chi connectivity index (χ0) is 16.4. The van der Waals surface area contributed by atoms with Crippen molar-refractivity contribution in [1.82, 2.24) is 4.98 Å². The molecule has 0 spiro atoms. The Hall–Kier alpha value is -2.31. The van der Waals surface area contributed by atoms with Crippen molar-refractivity contribution in [3.05, 3.63) is 46.3 Å². The van der Waals surface area contributed by atoms with Crippen molar-refractivity contribution >= 4 is 40.4 Å². The predicted octanol–water partition coefficient (Wildman–Crippen LogP) is 4.63. The van der Waals surface area contributed by atoms with Crippen molar-refractivity contribution in [1.29, 1.82) is 0 Å². The second-order valence-corrected chi connectivity index (χ2v) is 6.45. The van der Waals surface area contributed by atoms with Gasteiger partial charge in [-0.1, -0.05) is 24.4 Å². The van der Waals surface area contributed by atoms with Crippen LogP contribution >= 0.6 is 23.6 Å². The van der Waals surface area contributed by atoms with E-state index in [2.05, 4.69) is 4.98 Å². The summed E-state index contributed by atoms with van der Waals surface area (Å²) in [6.45, 7) is 1.37. The van der Waals surface area contributed by atoms with Gasteiger partial charge in [-0.25, -0.2) is 4.98 Å². The summed E-state index contributed by atoms with van der Waals surface area (Å²) in [4.78, 5) is 15.7. The molecule has 23 heavy (non-hydrogen) atoms. The van der Waals surface area contributed by atoms with E-state index in [1.807, 2.05) is 30.3 Å². The molecule has 1 heterocycles. The Bertz CT molecular complexity index is 933. The number of hydrogen-bond acceptors (Lipinski definition) is 6. The van der Waals surface area contributed by atoms with E-state index in [4.69, 9.17) is 21.7 Å². The molecule has 0 atom stereocenters. The van der Waals surface area contributed by atoms with Crippen LogP contribution < -0.4 is 9.47 Å². The van der Waals surface area contributed by atoms with Crippen LogP contribution in [0.1, 0.15) is 6.92 Å². The Balaban J connectivity index is 2.09. The van der Waals surface area contributed by atoms with Gasteiger partial charge in [0.1, 0.15) is 25.8 Å². The normalized spacial score (nSPS) is 10.5. The summed E-state index contributed by atoms with van der Waals surface area (Å²) in [5, 5.41) is 1.70. The van der Waals surface area contributed by atoms with E-state index < -0.39 is 0 Å². The molecule has 4 nitrogen and oxygen atoms in total. The van der Waals surface area contributed by atoms with Crippen LogP contribution in [0.4, 0.5) is 0 Å². The van der Waals surface area contributed by atoms with Gasteiger partial charge in [-0.2, -0.15) is 0 Å². The molecule has 0 fully saturated rings. The average molecular weight is 343 g/mol. The Morgan fingerprint density at radius 1 is 1.17 bits per heavy atom. The first-order valence-corrected chi connectivity index (χ1v) is 8.07. The summed E-state index contributed by atoms with van der Waals surface area (Å²) in [6.07, 6.45) is 0. The SMILES string of the molecule is COc1cccc2c(=S)sc(-c3ccc(OC(C)=O)cc3)nc12. The van der Waals surface area contributed by atoms with Crippen LogP contribution in [0.2, 0.25) is 0 Å². The van der Waals surface area contributed by atoms with E-state index in [1.165, 1.54) is 18.3 Å². The second kappa shape index (κ2) is 6.44. The van der Waals surface area contributed by atoms with Crippen LogP contribution in [-0.4, -0.2) is 18.1 Å². The maximum absolute atomic E-state index is 11.0. The molecule has 116 valence electrons. The number of esters is 1. The summed E-state index contributed by atoms with van der Waals surface area (Å²) in [5.74, 6) is 0.851. The lowest BCUT2D eigenvalue weighted by Gasteiger charge is -2.07. The lowest BCUT2D eigenvalue weighted by molar-refractivity contribution is -0.131. The van der Waals surface area contributed by atoms with Crippen LogP contribution in [0.25, 0.3) is 21.5 Å². The molecule has 0 saturated carbocycles. The molecule has 1 aromatic heterocycles. The highest BCUT2D eigenvalue weighted by Gasteiger charge is 2.09. The molecule has 0 N–H and O–H groups in total. The molecular formula is C17H13NO3S2. The average Bonchev–Trinajstić information content (AvgIpc) is 2.54. The Labute approximate surface area is 142 Å².